The summed E-state index contributed by atoms with van der Waals surface area (Å²) < 4.78 is 16.9. The molecule has 0 heterocycles. The minimum absolute atomic E-state index is 0.0815. The normalized spacial score (nSPS) is 12.4. The predicted octanol–water partition coefficient (Wildman–Crippen LogP) is 20.4. The molecule has 0 aromatic rings. The summed E-state index contributed by atoms with van der Waals surface area (Å²) in [5, 5.41) is 0. The molecule has 0 fully saturated rings. The van der Waals surface area contributed by atoms with Crippen LogP contribution in [0.3, 0.4) is 0 Å². The number of rotatable bonds is 55. The lowest BCUT2D eigenvalue weighted by molar-refractivity contribution is -0.167. The molecular weight excluding hydrogens is 865 g/mol. The Labute approximate surface area is 434 Å². The number of hydrogen-bond donors (Lipinski definition) is 0. The Kier molecular flexibility index (Phi) is 56.3. The van der Waals surface area contributed by atoms with Crippen molar-refractivity contribution in [2.75, 3.05) is 13.2 Å². The van der Waals surface area contributed by atoms with Gasteiger partial charge in [0.15, 0.2) is 6.10 Å². The second-order valence-electron chi connectivity index (χ2n) is 20.3. The van der Waals surface area contributed by atoms with Crippen LogP contribution in [0.1, 0.15) is 310 Å². The lowest BCUT2D eigenvalue weighted by atomic mass is 10.0. The topological polar surface area (TPSA) is 78.9 Å². The van der Waals surface area contributed by atoms with Crippen LogP contribution in [0.15, 0.2) is 60.8 Å². The molecule has 0 amide bonds. The molecule has 0 aliphatic carbocycles. The zero-order valence-electron chi connectivity index (χ0n) is 46.5. The van der Waals surface area contributed by atoms with Gasteiger partial charge in [-0.05, 0) is 77.0 Å². The van der Waals surface area contributed by atoms with Crippen LogP contribution in [-0.2, 0) is 28.6 Å². The van der Waals surface area contributed by atoms with E-state index >= 15 is 0 Å². The maximum absolute atomic E-state index is 12.9. The van der Waals surface area contributed by atoms with E-state index in [1.165, 1.54) is 180 Å². The Morgan fingerprint density at radius 1 is 0.300 bits per heavy atom. The standard InChI is InChI=1S/C64H114O6/c1-4-7-10-13-16-19-22-25-28-31-34-36-39-42-45-48-51-54-57-63(66)69-60-61(70-64(67)58-55-52-49-46-43-40-37-33-30-27-24-21-18-15-12-9-6-3)59-68-62(65)56-53-50-47-44-41-38-35-32-29-26-23-20-17-14-11-8-5-2/h18,21-22,25,27-28,30-31,34,36,61H,4-17,19-20,23-24,26,29,32-33,35,37-60H2,1-3H3/b21-18-,25-22-,30-27-,31-28-,36-34-. The van der Waals surface area contributed by atoms with Crippen LogP contribution >= 0.6 is 0 Å². The van der Waals surface area contributed by atoms with E-state index in [4.69, 9.17) is 14.2 Å². The monoisotopic (exact) mass is 979 g/mol. The predicted molar refractivity (Wildman–Crippen MR) is 302 cm³/mol. The number of allylic oxidation sites excluding steroid dienone is 10. The third kappa shape index (κ3) is 56.0. The van der Waals surface area contributed by atoms with Gasteiger partial charge >= 0.3 is 17.9 Å². The first-order chi connectivity index (χ1) is 34.5. The van der Waals surface area contributed by atoms with Crippen LogP contribution in [0.25, 0.3) is 0 Å². The number of carbonyl (C=O) groups is 3. The summed E-state index contributed by atoms with van der Waals surface area (Å²) in [5.41, 5.74) is 0. The fraction of sp³-hybridized carbons (Fsp3) is 0.797. The van der Waals surface area contributed by atoms with Gasteiger partial charge < -0.3 is 14.2 Å². The van der Waals surface area contributed by atoms with Crippen molar-refractivity contribution in [1.82, 2.24) is 0 Å². The van der Waals surface area contributed by atoms with E-state index in [1.54, 1.807) is 0 Å². The first kappa shape index (κ1) is 67.1. The molecule has 70 heavy (non-hydrogen) atoms. The van der Waals surface area contributed by atoms with Gasteiger partial charge in [-0.1, -0.05) is 274 Å². The highest BCUT2D eigenvalue weighted by Crippen LogP contribution is 2.16. The summed E-state index contributed by atoms with van der Waals surface area (Å²) in [6.45, 7) is 6.61. The molecule has 0 aliphatic rings. The second kappa shape index (κ2) is 58.7. The van der Waals surface area contributed by atoms with Crippen LogP contribution < -0.4 is 0 Å². The fourth-order valence-electron chi connectivity index (χ4n) is 8.71. The zero-order valence-corrected chi connectivity index (χ0v) is 46.5. The Morgan fingerprint density at radius 3 is 0.929 bits per heavy atom. The average molecular weight is 980 g/mol. The van der Waals surface area contributed by atoms with Gasteiger partial charge in [0.1, 0.15) is 13.2 Å². The first-order valence-corrected chi connectivity index (χ1v) is 30.3. The van der Waals surface area contributed by atoms with Gasteiger partial charge in [0.05, 0.1) is 0 Å². The zero-order chi connectivity index (χ0) is 50.7. The summed E-state index contributed by atoms with van der Waals surface area (Å²) in [7, 11) is 0. The van der Waals surface area contributed by atoms with E-state index < -0.39 is 6.10 Å². The number of unbranched alkanes of at least 4 members (excludes halogenated alkanes) is 36. The van der Waals surface area contributed by atoms with E-state index in [1.807, 2.05) is 0 Å². The molecule has 0 aromatic carbocycles. The summed E-state index contributed by atoms with van der Waals surface area (Å²) in [6, 6.07) is 0. The lowest BCUT2D eigenvalue weighted by Gasteiger charge is -2.18. The van der Waals surface area contributed by atoms with E-state index in [-0.39, 0.29) is 31.1 Å². The molecule has 0 bridgehead atoms. The second-order valence-corrected chi connectivity index (χ2v) is 20.3. The molecule has 0 N–H and O–H groups in total. The highest BCUT2D eigenvalue weighted by atomic mass is 16.6. The van der Waals surface area contributed by atoms with Crippen LogP contribution in [-0.4, -0.2) is 37.2 Å². The van der Waals surface area contributed by atoms with Gasteiger partial charge in [-0.15, -0.1) is 0 Å². The Morgan fingerprint density at radius 2 is 0.571 bits per heavy atom. The van der Waals surface area contributed by atoms with Crippen LogP contribution in [0.4, 0.5) is 0 Å². The molecule has 406 valence electrons. The van der Waals surface area contributed by atoms with Crippen LogP contribution in [0, 0.1) is 0 Å². The molecule has 0 radical (unpaired) electrons. The minimum Gasteiger partial charge on any atom is -0.462 e. The molecule has 6 nitrogen and oxygen atoms in total. The van der Waals surface area contributed by atoms with Crippen molar-refractivity contribution in [3.63, 3.8) is 0 Å². The van der Waals surface area contributed by atoms with Crippen molar-refractivity contribution in [1.29, 1.82) is 0 Å². The lowest BCUT2D eigenvalue weighted by Crippen LogP contribution is -2.30. The van der Waals surface area contributed by atoms with E-state index in [9.17, 15) is 14.4 Å². The molecule has 1 atom stereocenters. The van der Waals surface area contributed by atoms with E-state index in [2.05, 4.69) is 81.5 Å². The maximum Gasteiger partial charge on any atom is 0.306 e. The minimum atomic E-state index is -0.786. The molecule has 0 aliphatic heterocycles. The smallest absolute Gasteiger partial charge is 0.306 e. The first-order valence-electron chi connectivity index (χ1n) is 30.3. The van der Waals surface area contributed by atoms with Gasteiger partial charge in [-0.3, -0.25) is 14.4 Å². The van der Waals surface area contributed by atoms with Crippen molar-refractivity contribution >= 4 is 17.9 Å². The Balaban J connectivity index is 4.41. The van der Waals surface area contributed by atoms with E-state index in [0.717, 1.165) is 89.9 Å². The van der Waals surface area contributed by atoms with Gasteiger partial charge in [-0.25, -0.2) is 0 Å². The average Bonchev–Trinajstić information content (AvgIpc) is 3.36. The molecule has 1 unspecified atom stereocenters. The fourth-order valence-corrected chi connectivity index (χ4v) is 8.71. The third-order valence-corrected chi connectivity index (χ3v) is 13.3. The van der Waals surface area contributed by atoms with Gasteiger partial charge in [0, 0.05) is 19.3 Å². The van der Waals surface area contributed by atoms with E-state index in [0.29, 0.717) is 19.3 Å². The maximum atomic E-state index is 12.9. The van der Waals surface area contributed by atoms with Gasteiger partial charge in [-0.2, -0.15) is 0 Å². The highest BCUT2D eigenvalue weighted by molar-refractivity contribution is 5.71. The number of carbonyl (C=O) groups excluding carboxylic acids is 3. The van der Waals surface area contributed by atoms with Gasteiger partial charge in [0.25, 0.3) is 0 Å². The van der Waals surface area contributed by atoms with Crippen LogP contribution in [0.2, 0.25) is 0 Å². The number of ether oxygens (including phenoxy) is 3. The van der Waals surface area contributed by atoms with Crippen molar-refractivity contribution in [3.05, 3.63) is 60.8 Å². The third-order valence-electron chi connectivity index (χ3n) is 13.3. The van der Waals surface area contributed by atoms with Crippen LogP contribution in [0.5, 0.6) is 0 Å². The van der Waals surface area contributed by atoms with Crippen molar-refractivity contribution in [3.8, 4) is 0 Å². The van der Waals surface area contributed by atoms with Crippen molar-refractivity contribution < 1.29 is 28.6 Å². The molecular formula is C64H114O6. The SMILES string of the molecule is CCCCC/C=C\C/C=C\CCCCCCCCCC(=O)OC(COC(=O)CCCCCCC\C=C/C=C\C=C/CCCCCCC)COC(=O)CCCCCCCCCCCCCCCCCCC. The summed E-state index contributed by atoms with van der Waals surface area (Å²) in [4.78, 5) is 38.2. The highest BCUT2D eigenvalue weighted by Gasteiger charge is 2.19. The number of hydrogen-bond acceptors (Lipinski definition) is 6. The molecule has 6 heteroatoms. The summed E-state index contributed by atoms with van der Waals surface area (Å²) in [6.07, 6.45) is 73.5. The van der Waals surface area contributed by atoms with Crippen molar-refractivity contribution in [2.24, 2.45) is 0 Å². The molecule has 0 spiro atoms. The quantitative estimate of drug-likeness (QED) is 0.0199. The molecule has 0 rings (SSSR count). The molecule has 0 saturated carbocycles. The molecule has 0 aromatic heterocycles. The summed E-state index contributed by atoms with van der Waals surface area (Å²) >= 11 is 0. The molecule has 0 saturated heterocycles. The number of esters is 3. The van der Waals surface area contributed by atoms with Gasteiger partial charge in [0.2, 0.25) is 0 Å². The van der Waals surface area contributed by atoms with Crippen molar-refractivity contribution in [2.45, 2.75) is 316 Å². The Bertz CT molecular complexity index is 1260. The largest absolute Gasteiger partial charge is 0.462 e. The Hall–Kier alpha value is -2.89. The summed E-state index contributed by atoms with van der Waals surface area (Å²) in [5.74, 6) is -0.894.